The van der Waals surface area contributed by atoms with Crippen molar-refractivity contribution in [3.8, 4) is 5.75 Å². The third-order valence-corrected chi connectivity index (χ3v) is 6.84. The lowest BCUT2D eigenvalue weighted by Gasteiger charge is -2.24. The number of hydrogen-bond acceptors (Lipinski definition) is 5. The molecule has 184 valence electrons. The van der Waals surface area contributed by atoms with Gasteiger partial charge in [-0.3, -0.25) is 9.10 Å². The average molecular weight is 498 g/mol. The number of carbonyl (C=O) groups is 1. The van der Waals surface area contributed by atoms with Crippen LogP contribution in [0.4, 0.5) is 10.1 Å². The number of hydrazone groups is 1. The third kappa shape index (κ3) is 7.13. The monoisotopic (exact) mass is 497 g/mol. The quantitative estimate of drug-likeness (QED) is 0.237. The van der Waals surface area contributed by atoms with Crippen LogP contribution in [0.1, 0.15) is 30.9 Å². The molecule has 0 atom stereocenters. The zero-order chi connectivity index (χ0) is 25.3. The highest BCUT2D eigenvalue weighted by Gasteiger charge is 2.29. The van der Waals surface area contributed by atoms with Gasteiger partial charge in [-0.25, -0.2) is 18.2 Å². The minimum absolute atomic E-state index is 0.0519. The predicted octanol–water partition coefficient (Wildman–Crippen LogP) is 4.66. The molecule has 1 amide bonds. The van der Waals surface area contributed by atoms with Crippen molar-refractivity contribution in [2.45, 2.75) is 31.6 Å². The van der Waals surface area contributed by atoms with Gasteiger partial charge < -0.3 is 4.74 Å². The van der Waals surface area contributed by atoms with Gasteiger partial charge in [-0.1, -0.05) is 43.2 Å². The number of ether oxygens (including phenoxy) is 1. The van der Waals surface area contributed by atoms with Crippen LogP contribution in [0, 0.1) is 12.7 Å². The molecule has 9 heteroatoms. The molecule has 0 spiro atoms. The number of hydrogen-bond donors (Lipinski definition) is 1. The number of nitrogens with one attached hydrogen (secondary N) is 1. The van der Waals surface area contributed by atoms with E-state index >= 15 is 0 Å². The maximum Gasteiger partial charge on any atom is 0.264 e. The standard InChI is InChI=1S/C26H28FN3O4S/c1-3-4-17-34-22-13-11-21(12-14-22)18-28-29-26(31)19-30(25-8-6-5-7-24(25)27)35(32,33)23-15-9-20(2)10-16-23/h5-16,18H,3-4,17,19H2,1-2H3,(H,29,31)/b28-18-. The van der Waals surface area contributed by atoms with Gasteiger partial charge in [0.2, 0.25) is 0 Å². The summed E-state index contributed by atoms with van der Waals surface area (Å²) in [5.74, 6) is -0.748. The number of para-hydroxylation sites is 1. The minimum atomic E-state index is -4.21. The van der Waals surface area contributed by atoms with Crippen molar-refractivity contribution < 1.29 is 22.3 Å². The Hall–Kier alpha value is -3.72. The summed E-state index contributed by atoms with van der Waals surface area (Å²) >= 11 is 0. The summed E-state index contributed by atoms with van der Waals surface area (Å²) in [4.78, 5) is 12.5. The molecule has 0 bridgehead atoms. The van der Waals surface area contributed by atoms with E-state index in [4.69, 9.17) is 4.74 Å². The van der Waals surface area contributed by atoms with E-state index in [1.54, 1.807) is 36.4 Å². The molecule has 35 heavy (non-hydrogen) atoms. The largest absolute Gasteiger partial charge is 0.494 e. The molecule has 1 N–H and O–H groups in total. The summed E-state index contributed by atoms with van der Waals surface area (Å²) < 4.78 is 47.4. The van der Waals surface area contributed by atoms with E-state index in [2.05, 4.69) is 17.5 Å². The van der Waals surface area contributed by atoms with Crippen molar-refractivity contribution in [2.75, 3.05) is 17.5 Å². The SMILES string of the molecule is CCCCOc1ccc(/C=N\NC(=O)CN(c2ccccc2F)S(=O)(=O)c2ccc(C)cc2)cc1. The van der Waals surface area contributed by atoms with Gasteiger partial charge in [-0.2, -0.15) is 5.10 Å². The summed E-state index contributed by atoms with van der Waals surface area (Å²) in [5.41, 5.74) is 3.66. The molecule has 0 saturated carbocycles. The first-order chi connectivity index (χ1) is 16.8. The van der Waals surface area contributed by atoms with Crippen molar-refractivity contribution >= 4 is 27.8 Å². The lowest BCUT2D eigenvalue weighted by molar-refractivity contribution is -0.119. The molecule has 0 radical (unpaired) electrons. The number of sulfonamides is 1. The molecule has 3 aromatic carbocycles. The highest BCUT2D eigenvalue weighted by atomic mass is 32.2. The predicted molar refractivity (Wildman–Crippen MR) is 135 cm³/mol. The topological polar surface area (TPSA) is 88.1 Å². The number of benzene rings is 3. The molecular formula is C26H28FN3O4S. The Kier molecular flexibility index (Phi) is 8.97. The van der Waals surface area contributed by atoms with E-state index in [-0.39, 0.29) is 10.6 Å². The van der Waals surface area contributed by atoms with Crippen molar-refractivity contribution in [1.29, 1.82) is 0 Å². The van der Waals surface area contributed by atoms with E-state index in [0.717, 1.165) is 34.5 Å². The third-order valence-electron chi connectivity index (χ3n) is 5.07. The van der Waals surface area contributed by atoms with Crippen LogP contribution in [-0.2, 0) is 14.8 Å². The summed E-state index contributed by atoms with van der Waals surface area (Å²) in [5, 5.41) is 3.90. The maximum absolute atomic E-state index is 14.5. The van der Waals surface area contributed by atoms with Crippen molar-refractivity contribution in [3.63, 3.8) is 0 Å². The van der Waals surface area contributed by atoms with Crippen LogP contribution in [0.2, 0.25) is 0 Å². The van der Waals surface area contributed by atoms with Crippen molar-refractivity contribution in [3.05, 3.63) is 89.7 Å². The first-order valence-electron chi connectivity index (χ1n) is 11.2. The van der Waals surface area contributed by atoms with Gasteiger partial charge in [0, 0.05) is 0 Å². The Morgan fingerprint density at radius 2 is 1.74 bits per heavy atom. The molecule has 0 unspecified atom stereocenters. The summed E-state index contributed by atoms with van der Waals surface area (Å²) in [6.07, 6.45) is 3.44. The molecule has 0 aliphatic heterocycles. The van der Waals surface area contributed by atoms with Gasteiger partial charge in [0.25, 0.3) is 15.9 Å². The van der Waals surface area contributed by atoms with Crippen LogP contribution in [-0.4, -0.2) is 33.7 Å². The molecule has 3 rings (SSSR count). The van der Waals surface area contributed by atoms with Crippen LogP contribution >= 0.6 is 0 Å². The summed E-state index contributed by atoms with van der Waals surface area (Å²) in [7, 11) is -4.21. The van der Waals surface area contributed by atoms with E-state index in [1.165, 1.54) is 36.5 Å². The van der Waals surface area contributed by atoms with Crippen molar-refractivity contribution in [1.82, 2.24) is 5.43 Å². The number of aryl methyl sites for hydroxylation is 1. The normalized spacial score (nSPS) is 11.4. The second-order valence-corrected chi connectivity index (χ2v) is 9.70. The molecule has 0 heterocycles. The second-order valence-electron chi connectivity index (χ2n) is 7.84. The summed E-state index contributed by atoms with van der Waals surface area (Å²) in [6.45, 7) is 3.90. The van der Waals surface area contributed by atoms with Crippen molar-refractivity contribution in [2.24, 2.45) is 5.10 Å². The molecule has 0 aliphatic carbocycles. The first-order valence-corrected chi connectivity index (χ1v) is 12.6. The fourth-order valence-corrected chi connectivity index (χ4v) is 4.55. The van der Waals surface area contributed by atoms with Crippen LogP contribution in [0.5, 0.6) is 5.75 Å². The second kappa shape index (κ2) is 12.1. The number of nitrogens with zero attached hydrogens (tertiary/aromatic N) is 2. The molecule has 0 fully saturated rings. The molecule has 0 aliphatic rings. The smallest absolute Gasteiger partial charge is 0.264 e. The molecule has 3 aromatic rings. The van der Waals surface area contributed by atoms with E-state index in [0.29, 0.717) is 12.2 Å². The lowest BCUT2D eigenvalue weighted by atomic mass is 10.2. The van der Waals surface area contributed by atoms with Gasteiger partial charge in [0.1, 0.15) is 18.1 Å². The number of carbonyl (C=O) groups excluding carboxylic acids is 1. The van der Waals surface area contributed by atoms with Crippen LogP contribution < -0.4 is 14.5 Å². The Morgan fingerprint density at radius 3 is 2.40 bits per heavy atom. The molecule has 0 saturated heterocycles. The molecule has 7 nitrogen and oxygen atoms in total. The number of halogens is 1. The first kappa shape index (κ1) is 25.9. The number of unbranched alkanes of at least 4 members (excludes halogenated alkanes) is 1. The Bertz CT molecular complexity index is 1260. The zero-order valence-electron chi connectivity index (χ0n) is 19.6. The highest BCUT2D eigenvalue weighted by molar-refractivity contribution is 7.92. The fourth-order valence-electron chi connectivity index (χ4n) is 3.12. The maximum atomic E-state index is 14.5. The summed E-state index contributed by atoms with van der Waals surface area (Å²) in [6, 6.07) is 18.7. The van der Waals surface area contributed by atoms with E-state index in [1.807, 2.05) is 6.92 Å². The number of rotatable bonds is 11. The van der Waals surface area contributed by atoms with Crippen LogP contribution in [0.25, 0.3) is 0 Å². The number of amides is 1. The van der Waals surface area contributed by atoms with E-state index in [9.17, 15) is 17.6 Å². The van der Waals surface area contributed by atoms with Crippen LogP contribution in [0.15, 0.2) is 82.8 Å². The highest BCUT2D eigenvalue weighted by Crippen LogP contribution is 2.26. The van der Waals surface area contributed by atoms with Gasteiger partial charge in [-0.15, -0.1) is 0 Å². The zero-order valence-corrected chi connectivity index (χ0v) is 20.5. The van der Waals surface area contributed by atoms with Crippen LogP contribution in [0.3, 0.4) is 0 Å². The van der Waals surface area contributed by atoms with Gasteiger partial charge in [0.15, 0.2) is 0 Å². The minimum Gasteiger partial charge on any atom is -0.494 e. The molecule has 0 aromatic heterocycles. The Morgan fingerprint density at radius 1 is 1.06 bits per heavy atom. The van der Waals surface area contributed by atoms with Gasteiger partial charge in [0.05, 0.1) is 23.4 Å². The lowest BCUT2D eigenvalue weighted by Crippen LogP contribution is -2.40. The van der Waals surface area contributed by atoms with E-state index < -0.39 is 28.3 Å². The Balaban J connectivity index is 1.73. The average Bonchev–Trinajstić information content (AvgIpc) is 2.84. The number of anilines is 1. The van der Waals surface area contributed by atoms with Gasteiger partial charge >= 0.3 is 0 Å². The Labute approximate surface area is 205 Å². The molecular weight excluding hydrogens is 469 g/mol. The van der Waals surface area contributed by atoms with Gasteiger partial charge in [-0.05, 0) is 67.4 Å². The fraction of sp³-hybridized carbons (Fsp3) is 0.231.